The van der Waals surface area contributed by atoms with Crippen LogP contribution in [0.2, 0.25) is 10.0 Å². The van der Waals surface area contributed by atoms with E-state index in [2.05, 4.69) is 5.73 Å². The Hall–Kier alpha value is 0.152. The van der Waals surface area contributed by atoms with Crippen LogP contribution in [-0.4, -0.2) is 17.6 Å². The Balaban J connectivity index is 0. The van der Waals surface area contributed by atoms with Crippen LogP contribution in [0.3, 0.4) is 0 Å². The molecule has 0 fully saturated rings. The average molecular weight is 486 g/mol. The van der Waals surface area contributed by atoms with Crippen LogP contribution in [0.25, 0.3) is 0 Å². The summed E-state index contributed by atoms with van der Waals surface area (Å²) < 4.78 is 0. The molecule has 1 aromatic carbocycles. The molecule has 0 unspecified atom stereocenters. The summed E-state index contributed by atoms with van der Waals surface area (Å²) in [4.78, 5) is 8.46. The van der Waals surface area contributed by atoms with E-state index in [9.17, 15) is 0 Å². The van der Waals surface area contributed by atoms with E-state index in [1.165, 1.54) is 0 Å². The van der Waals surface area contributed by atoms with Crippen molar-refractivity contribution in [2.24, 2.45) is 5.73 Å². The van der Waals surface area contributed by atoms with Crippen molar-refractivity contribution in [3.05, 3.63) is 40.2 Å². The molecule has 1 amide bonds. The fourth-order valence-corrected chi connectivity index (χ4v) is 1.43. The summed E-state index contributed by atoms with van der Waals surface area (Å²) in [5.74, 6) is 0. The fourth-order valence-electron chi connectivity index (χ4n) is 0.911. The Labute approximate surface area is 129 Å². The first-order chi connectivity index (χ1) is 7.02. The molecule has 0 radical (unpaired) electrons. The van der Waals surface area contributed by atoms with E-state index in [0.29, 0.717) is 15.6 Å². The van der Waals surface area contributed by atoms with Crippen LogP contribution in [0.15, 0.2) is 18.2 Å². The predicted molar refractivity (Wildman–Crippen MR) is 61.4 cm³/mol. The number of rotatable bonds is 2. The first kappa shape index (κ1) is 18.5. The maximum atomic E-state index is 9.08. The zero-order valence-corrected chi connectivity index (χ0v) is 14.3. The van der Waals surface area contributed by atoms with Crippen molar-refractivity contribution in [2.75, 3.05) is 0 Å². The summed E-state index contributed by atoms with van der Waals surface area (Å²) in [5, 5.41) is 10.2. The molecule has 1 rings (SSSR count). The van der Waals surface area contributed by atoms with Gasteiger partial charge in [-0.1, -0.05) is 16.1 Å². The van der Waals surface area contributed by atoms with Crippen LogP contribution in [0.5, 0.6) is 0 Å². The summed E-state index contributed by atoms with van der Waals surface area (Å²) in [5.41, 5.74) is 4.73. The third-order valence-electron chi connectivity index (χ3n) is 1.41. The van der Waals surface area contributed by atoms with Crippen LogP contribution < -0.4 is 5.73 Å². The molecule has 86 valence electrons. The third-order valence-corrected chi connectivity index (χ3v) is 2.07. The Kier molecular flexibility index (Phi) is 11.9. The smallest absolute Gasteiger partial charge is 0.543 e. The van der Waals surface area contributed by atoms with E-state index in [-0.39, 0.29) is 31.1 Å². The zero-order chi connectivity index (χ0) is 11.8. The van der Waals surface area contributed by atoms with E-state index in [4.69, 9.17) is 33.1 Å². The maximum Gasteiger partial charge on any atom is 2.00 e. The quantitative estimate of drug-likeness (QED) is 0.496. The van der Waals surface area contributed by atoms with Crippen molar-refractivity contribution >= 4 is 29.6 Å². The van der Waals surface area contributed by atoms with Crippen molar-refractivity contribution in [3.8, 4) is 0 Å². The standard InChI is InChI=1S/C9H9Cl2O.CH2NO.U/c1-6(12)5-7-8(10)3-2-4-9(7)11;2-1-3;/h2-6,12H,1H3;(H2,2,3);/q2*-1;+2/t6-;;/m1../s1. The summed E-state index contributed by atoms with van der Waals surface area (Å²) in [6.07, 6.45) is 2.08. The second-order valence-electron chi connectivity index (χ2n) is 2.66. The molecule has 0 bridgehead atoms. The van der Waals surface area contributed by atoms with Gasteiger partial charge in [0.2, 0.25) is 0 Å². The van der Waals surface area contributed by atoms with Crippen LogP contribution >= 0.6 is 23.2 Å². The number of hydrogen-bond acceptors (Lipinski definition) is 2. The number of amides is 1. The molecule has 0 aliphatic heterocycles. The molecular weight excluding hydrogens is 475 g/mol. The largest absolute Gasteiger partial charge is 2.00 e. The van der Waals surface area contributed by atoms with E-state index in [1.54, 1.807) is 31.5 Å². The van der Waals surface area contributed by atoms with Gasteiger partial charge in [-0.05, 0) is 6.92 Å². The van der Waals surface area contributed by atoms with Gasteiger partial charge in [0.1, 0.15) is 0 Å². The second-order valence-corrected chi connectivity index (χ2v) is 3.47. The Bertz CT molecular complexity index is 301. The van der Waals surface area contributed by atoms with E-state index in [0.717, 1.165) is 6.41 Å². The molecular formula is C10H11Cl2NO2U. The number of nitrogens with two attached hydrogens (primary N) is 1. The molecule has 3 N–H and O–H groups in total. The molecule has 1 atom stereocenters. The van der Waals surface area contributed by atoms with Crippen LogP contribution in [0, 0.1) is 37.5 Å². The molecule has 0 aliphatic rings. The molecule has 0 aliphatic carbocycles. The first-order valence-corrected chi connectivity index (χ1v) is 4.83. The number of carbonyl (C=O) groups excluding carboxylic acids is 1. The molecule has 3 nitrogen and oxygen atoms in total. The van der Waals surface area contributed by atoms with Crippen molar-refractivity contribution in [1.82, 2.24) is 0 Å². The number of aliphatic hydroxyl groups is 1. The molecule has 0 spiro atoms. The average Bonchev–Trinajstić information content (AvgIpc) is 2.12. The molecule has 0 aromatic heterocycles. The van der Waals surface area contributed by atoms with Gasteiger partial charge in [0.25, 0.3) is 0 Å². The molecule has 6 heteroatoms. The minimum Gasteiger partial charge on any atom is -0.543 e. The van der Waals surface area contributed by atoms with Gasteiger partial charge in [0.15, 0.2) is 0 Å². The van der Waals surface area contributed by atoms with Crippen molar-refractivity contribution in [2.45, 2.75) is 13.0 Å². The first-order valence-electron chi connectivity index (χ1n) is 4.07. The normalized spacial score (nSPS) is 10.2. The monoisotopic (exact) mass is 485 g/mol. The minimum atomic E-state index is -0.539. The number of hydrogen-bond donors (Lipinski definition) is 2. The Morgan fingerprint density at radius 3 is 2.12 bits per heavy atom. The zero-order valence-electron chi connectivity index (χ0n) is 8.58. The molecule has 0 saturated heterocycles. The Morgan fingerprint density at radius 1 is 1.44 bits per heavy atom. The second kappa shape index (κ2) is 10.3. The maximum absolute atomic E-state index is 9.08. The number of halogens is 2. The summed E-state index contributed by atoms with van der Waals surface area (Å²) in [6, 6.07) is 5.24. The van der Waals surface area contributed by atoms with Crippen LogP contribution in [-0.2, 0) is 4.79 Å². The van der Waals surface area contributed by atoms with Crippen molar-refractivity contribution in [1.29, 1.82) is 0 Å². The number of benzene rings is 1. The summed E-state index contributed by atoms with van der Waals surface area (Å²) >= 11 is 11.7. The van der Waals surface area contributed by atoms with Gasteiger partial charge in [0.05, 0.1) is 0 Å². The molecule has 1 aromatic rings. The van der Waals surface area contributed by atoms with Gasteiger partial charge >= 0.3 is 31.1 Å². The van der Waals surface area contributed by atoms with Gasteiger partial charge in [-0.15, -0.1) is 12.1 Å². The number of aliphatic hydroxyl groups excluding tert-OH is 1. The van der Waals surface area contributed by atoms with E-state index in [1.807, 2.05) is 0 Å². The van der Waals surface area contributed by atoms with E-state index >= 15 is 0 Å². The Morgan fingerprint density at radius 2 is 1.81 bits per heavy atom. The van der Waals surface area contributed by atoms with Crippen LogP contribution in [0.4, 0.5) is 0 Å². The predicted octanol–water partition coefficient (Wildman–Crippen LogP) is 1.94. The van der Waals surface area contributed by atoms with Crippen LogP contribution in [0.1, 0.15) is 12.5 Å². The van der Waals surface area contributed by atoms with Gasteiger partial charge in [-0.2, -0.15) is 41.6 Å². The van der Waals surface area contributed by atoms with Gasteiger partial charge in [0, 0.05) is 6.10 Å². The van der Waals surface area contributed by atoms with Crippen molar-refractivity contribution < 1.29 is 41.0 Å². The fraction of sp³-hybridized carbons (Fsp3) is 0.200. The van der Waals surface area contributed by atoms with E-state index < -0.39 is 6.10 Å². The summed E-state index contributed by atoms with van der Waals surface area (Å²) in [6.45, 7) is 1.65. The van der Waals surface area contributed by atoms with Gasteiger partial charge in [-0.25, -0.2) is 0 Å². The molecule has 0 saturated carbocycles. The molecule has 16 heavy (non-hydrogen) atoms. The third kappa shape index (κ3) is 7.43. The number of primary amides is 1. The molecule has 0 heterocycles. The minimum absolute atomic E-state index is 0. The van der Waals surface area contributed by atoms with Crippen molar-refractivity contribution in [3.63, 3.8) is 0 Å². The summed E-state index contributed by atoms with van der Waals surface area (Å²) in [7, 11) is 0. The van der Waals surface area contributed by atoms with Gasteiger partial charge in [-0.3, -0.25) is 0 Å². The topological polar surface area (TPSA) is 63.3 Å². The van der Waals surface area contributed by atoms with Gasteiger partial charge < -0.3 is 15.6 Å². The SMILES string of the molecule is C[C@@H](O)[CH-]c1c(Cl)cccc1Cl.N[C-]=O.[U+2].